The van der Waals surface area contributed by atoms with Gasteiger partial charge in [-0.3, -0.25) is 0 Å². The van der Waals surface area contributed by atoms with Crippen molar-refractivity contribution in [3.8, 4) is 22.8 Å². The van der Waals surface area contributed by atoms with Gasteiger partial charge >= 0.3 is 0 Å². The molecule has 23 heavy (non-hydrogen) atoms. The van der Waals surface area contributed by atoms with Crippen LogP contribution >= 0.6 is 11.3 Å². The largest absolute Gasteiger partial charge is 0.497 e. The van der Waals surface area contributed by atoms with Crippen molar-refractivity contribution < 1.29 is 9.47 Å². The summed E-state index contributed by atoms with van der Waals surface area (Å²) in [7, 11) is 1.67. The molecule has 0 bridgehead atoms. The second-order valence-corrected chi connectivity index (χ2v) is 5.97. The Labute approximate surface area is 139 Å². The number of nitrogens with zero attached hydrogens (tertiary/aromatic N) is 1. The lowest BCUT2D eigenvalue weighted by Crippen LogP contribution is -2.01. The number of ether oxygens (including phenoxy) is 2. The van der Waals surface area contributed by atoms with E-state index in [0.717, 1.165) is 39.9 Å². The monoisotopic (exact) mass is 326 g/mol. The zero-order valence-electron chi connectivity index (χ0n) is 12.9. The summed E-state index contributed by atoms with van der Waals surface area (Å²) in [5, 5.41) is 3.12. The molecule has 0 saturated carbocycles. The smallest absolute Gasteiger partial charge is 0.119 e. The van der Waals surface area contributed by atoms with Gasteiger partial charge in [-0.05, 0) is 36.4 Å². The highest BCUT2D eigenvalue weighted by atomic mass is 32.1. The minimum atomic E-state index is 0.592. The van der Waals surface area contributed by atoms with E-state index in [1.165, 1.54) is 0 Å². The molecule has 5 heteroatoms. The molecule has 0 saturated heterocycles. The predicted molar refractivity (Wildman–Crippen MR) is 94.2 cm³/mol. The zero-order chi connectivity index (χ0) is 16.1. The van der Waals surface area contributed by atoms with Crippen LogP contribution in [0.5, 0.6) is 11.5 Å². The number of benzene rings is 2. The van der Waals surface area contributed by atoms with Crippen LogP contribution in [0.25, 0.3) is 11.3 Å². The summed E-state index contributed by atoms with van der Waals surface area (Å²) in [4.78, 5) is 4.66. The summed E-state index contributed by atoms with van der Waals surface area (Å²) in [6.45, 7) is 0.592. The van der Waals surface area contributed by atoms with Crippen LogP contribution in [-0.2, 0) is 6.42 Å². The van der Waals surface area contributed by atoms with Gasteiger partial charge in [-0.25, -0.2) is 4.98 Å². The highest BCUT2D eigenvalue weighted by molar-refractivity contribution is 7.09. The number of anilines is 1. The molecule has 118 valence electrons. The van der Waals surface area contributed by atoms with Crippen molar-refractivity contribution in [2.45, 2.75) is 6.42 Å². The van der Waals surface area contributed by atoms with Crippen molar-refractivity contribution in [1.82, 2.24) is 4.98 Å². The average Bonchev–Trinajstić information content (AvgIpc) is 3.06. The number of aromatic nitrogens is 1. The molecule has 3 rings (SSSR count). The molecular formula is C18H18N2O2S. The maximum Gasteiger partial charge on any atom is 0.119 e. The fraction of sp³-hybridized carbons (Fsp3) is 0.167. The molecule has 0 aliphatic heterocycles. The molecular weight excluding hydrogens is 308 g/mol. The van der Waals surface area contributed by atoms with Gasteiger partial charge in [-0.1, -0.05) is 12.1 Å². The van der Waals surface area contributed by atoms with Crippen LogP contribution in [-0.4, -0.2) is 18.7 Å². The van der Waals surface area contributed by atoms with Crippen molar-refractivity contribution in [3.63, 3.8) is 0 Å². The van der Waals surface area contributed by atoms with E-state index in [-0.39, 0.29) is 0 Å². The van der Waals surface area contributed by atoms with Gasteiger partial charge < -0.3 is 15.2 Å². The first kappa shape index (κ1) is 15.4. The van der Waals surface area contributed by atoms with Crippen molar-refractivity contribution >= 4 is 17.0 Å². The minimum absolute atomic E-state index is 0.592. The van der Waals surface area contributed by atoms with E-state index in [0.29, 0.717) is 6.61 Å². The van der Waals surface area contributed by atoms with Crippen LogP contribution in [0.3, 0.4) is 0 Å². The highest BCUT2D eigenvalue weighted by Gasteiger charge is 2.06. The van der Waals surface area contributed by atoms with Gasteiger partial charge in [-0.15, -0.1) is 11.3 Å². The molecule has 0 unspecified atom stereocenters. The summed E-state index contributed by atoms with van der Waals surface area (Å²) in [6, 6.07) is 15.3. The second-order valence-electron chi connectivity index (χ2n) is 5.03. The van der Waals surface area contributed by atoms with Gasteiger partial charge in [-0.2, -0.15) is 0 Å². The van der Waals surface area contributed by atoms with E-state index in [2.05, 4.69) is 10.4 Å². The molecule has 0 fully saturated rings. The van der Waals surface area contributed by atoms with E-state index in [1.54, 1.807) is 18.4 Å². The Morgan fingerprint density at radius 2 is 1.91 bits per heavy atom. The molecule has 1 aromatic heterocycles. The van der Waals surface area contributed by atoms with E-state index in [9.17, 15) is 0 Å². The Balaban J connectivity index is 1.59. The van der Waals surface area contributed by atoms with Gasteiger partial charge in [0.2, 0.25) is 0 Å². The Bertz CT molecular complexity index is 769. The third-order valence-electron chi connectivity index (χ3n) is 3.38. The van der Waals surface area contributed by atoms with E-state index in [4.69, 9.17) is 15.2 Å². The number of methoxy groups -OCH3 is 1. The van der Waals surface area contributed by atoms with Crippen molar-refractivity contribution in [2.75, 3.05) is 19.5 Å². The molecule has 3 aromatic rings. The summed E-state index contributed by atoms with van der Waals surface area (Å²) in [6.07, 6.45) is 0.777. The van der Waals surface area contributed by atoms with Crippen LogP contribution < -0.4 is 15.2 Å². The highest BCUT2D eigenvalue weighted by Crippen LogP contribution is 2.25. The molecule has 4 nitrogen and oxygen atoms in total. The lowest BCUT2D eigenvalue weighted by molar-refractivity contribution is 0.322. The lowest BCUT2D eigenvalue weighted by Gasteiger charge is -2.05. The molecule has 2 N–H and O–H groups in total. The number of thiazole rings is 1. The van der Waals surface area contributed by atoms with Crippen LogP contribution in [0.2, 0.25) is 0 Å². The molecule has 0 radical (unpaired) electrons. The number of nitrogens with two attached hydrogens (primary N) is 1. The van der Waals surface area contributed by atoms with Crippen LogP contribution in [0.4, 0.5) is 5.69 Å². The molecule has 0 aliphatic rings. The van der Waals surface area contributed by atoms with Crippen molar-refractivity contribution in [1.29, 1.82) is 0 Å². The molecule has 2 aromatic carbocycles. The molecule has 0 aliphatic carbocycles. The minimum Gasteiger partial charge on any atom is -0.497 e. The quantitative estimate of drug-likeness (QED) is 0.695. The van der Waals surface area contributed by atoms with Gasteiger partial charge in [0, 0.05) is 23.1 Å². The van der Waals surface area contributed by atoms with Crippen molar-refractivity contribution in [2.24, 2.45) is 0 Å². The topological polar surface area (TPSA) is 57.4 Å². The molecule has 0 spiro atoms. The zero-order valence-corrected chi connectivity index (χ0v) is 13.7. The standard InChI is InChI=1S/C18H18N2O2S/c1-21-16-4-2-3-13(11-16)17-12-23-18(20-17)9-10-22-15-7-5-14(19)6-8-15/h2-8,11-12H,9-10,19H2,1H3. The Hall–Kier alpha value is -2.53. The van der Waals surface area contributed by atoms with Gasteiger partial charge in [0.15, 0.2) is 0 Å². The third kappa shape index (κ3) is 4.02. The fourth-order valence-corrected chi connectivity index (χ4v) is 2.95. The van der Waals surface area contributed by atoms with E-state index < -0.39 is 0 Å². The Morgan fingerprint density at radius 3 is 2.70 bits per heavy atom. The molecule has 0 amide bonds. The van der Waals surface area contributed by atoms with Crippen LogP contribution in [0.15, 0.2) is 53.9 Å². The van der Waals surface area contributed by atoms with Crippen LogP contribution in [0, 0.1) is 0 Å². The number of nitrogen functional groups attached to an aromatic ring is 1. The average molecular weight is 326 g/mol. The molecule has 1 heterocycles. The van der Waals surface area contributed by atoms with E-state index >= 15 is 0 Å². The van der Waals surface area contributed by atoms with Crippen molar-refractivity contribution in [3.05, 3.63) is 58.9 Å². The van der Waals surface area contributed by atoms with Crippen LogP contribution in [0.1, 0.15) is 5.01 Å². The van der Waals surface area contributed by atoms with E-state index in [1.807, 2.05) is 48.5 Å². The predicted octanol–water partition coefficient (Wildman–Crippen LogP) is 4.02. The fourth-order valence-electron chi connectivity index (χ4n) is 2.16. The van der Waals surface area contributed by atoms with Gasteiger partial charge in [0.05, 0.1) is 24.4 Å². The summed E-state index contributed by atoms with van der Waals surface area (Å²) < 4.78 is 11.0. The lowest BCUT2D eigenvalue weighted by atomic mass is 10.2. The summed E-state index contributed by atoms with van der Waals surface area (Å²) in [5.74, 6) is 1.66. The SMILES string of the molecule is COc1cccc(-c2csc(CCOc3ccc(N)cc3)n2)c1. The molecule has 0 atom stereocenters. The summed E-state index contributed by atoms with van der Waals surface area (Å²) in [5.41, 5.74) is 8.42. The maximum absolute atomic E-state index is 5.71. The first-order valence-corrected chi connectivity index (χ1v) is 8.20. The second kappa shape index (κ2) is 7.15. The number of hydrogen-bond acceptors (Lipinski definition) is 5. The first-order valence-electron chi connectivity index (χ1n) is 7.32. The Morgan fingerprint density at radius 1 is 1.09 bits per heavy atom. The van der Waals surface area contributed by atoms with Gasteiger partial charge in [0.25, 0.3) is 0 Å². The Kier molecular flexibility index (Phi) is 4.78. The normalized spacial score (nSPS) is 10.5. The summed E-state index contributed by atoms with van der Waals surface area (Å²) >= 11 is 1.64. The first-order chi connectivity index (χ1) is 11.2. The maximum atomic E-state index is 5.71. The third-order valence-corrected chi connectivity index (χ3v) is 4.29. The van der Waals surface area contributed by atoms with Gasteiger partial charge in [0.1, 0.15) is 11.5 Å². The number of hydrogen-bond donors (Lipinski definition) is 1. The number of rotatable bonds is 6.